The number of esters is 2. The lowest BCUT2D eigenvalue weighted by molar-refractivity contribution is 0.0587. The van der Waals surface area contributed by atoms with Gasteiger partial charge in [-0.3, -0.25) is 0 Å². The van der Waals surface area contributed by atoms with Gasteiger partial charge in [0.1, 0.15) is 11.5 Å². The number of benzene rings is 2. The minimum Gasteiger partial charge on any atom is -0.497 e. The summed E-state index contributed by atoms with van der Waals surface area (Å²) in [5, 5.41) is 6.05. The highest BCUT2D eigenvalue weighted by Gasteiger charge is 2.17. The molecule has 0 fully saturated rings. The molecule has 0 spiro atoms. The Labute approximate surface area is 167 Å². The van der Waals surface area contributed by atoms with Crippen LogP contribution in [0.4, 0.5) is 11.4 Å². The summed E-state index contributed by atoms with van der Waals surface area (Å²) in [5.74, 6) is 0.0129. The van der Waals surface area contributed by atoms with E-state index in [2.05, 4.69) is 10.6 Å². The number of methoxy groups -OCH3 is 4. The first-order valence-electron chi connectivity index (χ1n) is 8.04. The molecule has 0 amide bonds. The Bertz CT molecular complexity index is 900. The van der Waals surface area contributed by atoms with Crippen LogP contribution in [0.25, 0.3) is 0 Å². The van der Waals surface area contributed by atoms with Crippen molar-refractivity contribution >= 4 is 40.6 Å². The largest absolute Gasteiger partial charge is 0.497 e. The predicted octanol–water partition coefficient (Wildman–Crippen LogP) is 3.09. The summed E-state index contributed by atoms with van der Waals surface area (Å²) >= 11 is 5.33. The van der Waals surface area contributed by atoms with Crippen LogP contribution in [0.2, 0.25) is 0 Å². The minimum atomic E-state index is -0.580. The molecule has 0 heterocycles. The van der Waals surface area contributed by atoms with E-state index >= 15 is 0 Å². The van der Waals surface area contributed by atoms with Crippen LogP contribution < -0.4 is 20.1 Å². The molecule has 8 nitrogen and oxygen atoms in total. The zero-order valence-electron chi connectivity index (χ0n) is 15.8. The molecule has 0 saturated carbocycles. The molecule has 0 aromatic heterocycles. The summed E-state index contributed by atoms with van der Waals surface area (Å²) < 4.78 is 20.0. The maximum Gasteiger partial charge on any atom is 0.339 e. The summed E-state index contributed by atoms with van der Waals surface area (Å²) in [7, 11) is 5.60. The highest BCUT2D eigenvalue weighted by Crippen LogP contribution is 2.29. The van der Waals surface area contributed by atoms with E-state index in [-0.39, 0.29) is 16.2 Å². The minimum absolute atomic E-state index is 0.177. The summed E-state index contributed by atoms with van der Waals surface area (Å²) in [6.45, 7) is 0. The highest BCUT2D eigenvalue weighted by atomic mass is 32.1. The summed E-state index contributed by atoms with van der Waals surface area (Å²) in [6, 6.07) is 9.55. The van der Waals surface area contributed by atoms with E-state index in [1.807, 2.05) is 0 Å². The van der Waals surface area contributed by atoms with Gasteiger partial charge in [-0.05, 0) is 42.5 Å². The molecule has 0 unspecified atom stereocenters. The van der Waals surface area contributed by atoms with E-state index in [9.17, 15) is 9.59 Å². The number of nitrogens with one attached hydrogen (secondary N) is 2. The van der Waals surface area contributed by atoms with Crippen LogP contribution in [0.1, 0.15) is 20.7 Å². The lowest BCUT2D eigenvalue weighted by Gasteiger charge is -2.16. The van der Waals surface area contributed by atoms with Crippen LogP contribution in [-0.4, -0.2) is 45.5 Å². The number of ether oxygens (including phenoxy) is 4. The monoisotopic (exact) mass is 404 g/mol. The van der Waals surface area contributed by atoms with E-state index in [4.69, 9.17) is 31.2 Å². The van der Waals surface area contributed by atoms with Gasteiger partial charge in [0.2, 0.25) is 0 Å². The molecule has 0 aliphatic carbocycles. The average Bonchev–Trinajstić information content (AvgIpc) is 2.72. The van der Waals surface area contributed by atoms with Gasteiger partial charge in [0.25, 0.3) is 0 Å². The first-order valence-corrected chi connectivity index (χ1v) is 8.45. The third kappa shape index (κ3) is 4.89. The van der Waals surface area contributed by atoms with Crippen molar-refractivity contribution < 1.29 is 28.5 Å². The predicted molar refractivity (Wildman–Crippen MR) is 109 cm³/mol. The number of anilines is 2. The Morgan fingerprint density at radius 1 is 0.821 bits per heavy atom. The van der Waals surface area contributed by atoms with E-state index in [1.54, 1.807) is 25.3 Å². The van der Waals surface area contributed by atoms with Gasteiger partial charge in [0.05, 0.1) is 50.9 Å². The smallest absolute Gasteiger partial charge is 0.339 e. The summed E-state index contributed by atoms with van der Waals surface area (Å²) in [4.78, 5) is 23.8. The molecule has 28 heavy (non-hydrogen) atoms. The highest BCUT2D eigenvalue weighted by molar-refractivity contribution is 7.80. The number of hydrogen-bond acceptors (Lipinski definition) is 7. The Hall–Kier alpha value is -3.33. The SMILES string of the molecule is COC(=O)c1ccc(C(=O)OC)c(NC(=S)Nc2ccc(OC)cc2OC)c1. The third-order valence-corrected chi connectivity index (χ3v) is 3.96. The number of carbonyl (C=O) groups excluding carboxylic acids is 2. The fourth-order valence-corrected chi connectivity index (χ4v) is 2.58. The second-order valence-electron chi connectivity index (χ2n) is 5.39. The van der Waals surface area contributed by atoms with Gasteiger partial charge in [0.15, 0.2) is 5.11 Å². The fourth-order valence-electron chi connectivity index (χ4n) is 2.36. The van der Waals surface area contributed by atoms with Crippen LogP contribution in [0.3, 0.4) is 0 Å². The van der Waals surface area contributed by atoms with Gasteiger partial charge in [-0.1, -0.05) is 0 Å². The Morgan fingerprint density at radius 2 is 1.50 bits per heavy atom. The van der Waals surface area contributed by atoms with Crippen molar-refractivity contribution in [3.05, 3.63) is 47.5 Å². The molecular formula is C19H20N2O6S. The van der Waals surface area contributed by atoms with Crippen molar-refractivity contribution in [1.82, 2.24) is 0 Å². The number of thiocarbonyl (C=S) groups is 1. The third-order valence-electron chi connectivity index (χ3n) is 3.75. The topological polar surface area (TPSA) is 95.1 Å². The van der Waals surface area contributed by atoms with Crippen molar-refractivity contribution in [1.29, 1.82) is 0 Å². The van der Waals surface area contributed by atoms with Gasteiger partial charge >= 0.3 is 11.9 Å². The Morgan fingerprint density at radius 3 is 2.11 bits per heavy atom. The van der Waals surface area contributed by atoms with Crippen LogP contribution in [0.15, 0.2) is 36.4 Å². The first kappa shape index (κ1) is 21.0. The van der Waals surface area contributed by atoms with E-state index < -0.39 is 11.9 Å². The van der Waals surface area contributed by atoms with Crippen molar-refractivity contribution in [2.75, 3.05) is 39.1 Å². The standard InChI is InChI=1S/C19H20N2O6S/c1-24-12-6-8-14(16(10-12)25-2)20-19(28)21-15-9-11(17(22)26-3)5-7-13(15)18(23)27-4/h5-10H,1-4H3,(H2,20,21,28). The van der Waals surface area contributed by atoms with Crippen molar-refractivity contribution in [3.8, 4) is 11.5 Å². The molecule has 2 aromatic rings. The Kier molecular flexibility index (Phi) is 7.16. The molecule has 9 heteroatoms. The maximum absolute atomic E-state index is 12.0. The van der Waals surface area contributed by atoms with E-state index in [1.165, 1.54) is 39.5 Å². The quantitative estimate of drug-likeness (QED) is 0.556. The van der Waals surface area contributed by atoms with Crippen LogP contribution in [0.5, 0.6) is 11.5 Å². The molecular weight excluding hydrogens is 384 g/mol. The Balaban J connectivity index is 2.29. The normalized spacial score (nSPS) is 9.86. The molecule has 2 aromatic carbocycles. The van der Waals surface area contributed by atoms with E-state index in [0.717, 1.165) is 0 Å². The zero-order valence-corrected chi connectivity index (χ0v) is 16.6. The first-order chi connectivity index (χ1) is 13.4. The van der Waals surface area contributed by atoms with Gasteiger partial charge < -0.3 is 29.6 Å². The van der Waals surface area contributed by atoms with Gasteiger partial charge in [-0.15, -0.1) is 0 Å². The van der Waals surface area contributed by atoms with Crippen LogP contribution in [0, 0.1) is 0 Å². The molecule has 0 saturated heterocycles. The summed E-state index contributed by atoms with van der Waals surface area (Å²) in [6.07, 6.45) is 0. The van der Waals surface area contributed by atoms with E-state index in [0.29, 0.717) is 22.9 Å². The van der Waals surface area contributed by atoms with Crippen molar-refractivity contribution in [2.24, 2.45) is 0 Å². The lowest BCUT2D eigenvalue weighted by atomic mass is 10.1. The zero-order chi connectivity index (χ0) is 20.7. The molecule has 2 N–H and O–H groups in total. The molecule has 2 rings (SSSR count). The van der Waals surface area contributed by atoms with Crippen LogP contribution >= 0.6 is 12.2 Å². The molecule has 0 aliphatic rings. The number of hydrogen-bond donors (Lipinski definition) is 2. The van der Waals surface area contributed by atoms with Crippen molar-refractivity contribution in [2.45, 2.75) is 0 Å². The van der Waals surface area contributed by atoms with Gasteiger partial charge in [0, 0.05) is 6.07 Å². The van der Waals surface area contributed by atoms with Gasteiger partial charge in [-0.2, -0.15) is 0 Å². The van der Waals surface area contributed by atoms with Gasteiger partial charge in [-0.25, -0.2) is 9.59 Å². The molecule has 0 bridgehead atoms. The van der Waals surface area contributed by atoms with Crippen LogP contribution in [-0.2, 0) is 9.47 Å². The maximum atomic E-state index is 12.0. The average molecular weight is 404 g/mol. The molecule has 0 atom stereocenters. The molecule has 0 radical (unpaired) electrons. The number of rotatable bonds is 6. The van der Waals surface area contributed by atoms with Crippen molar-refractivity contribution in [3.63, 3.8) is 0 Å². The lowest BCUT2D eigenvalue weighted by Crippen LogP contribution is -2.21. The molecule has 0 aliphatic heterocycles. The number of carbonyl (C=O) groups is 2. The summed E-state index contributed by atoms with van der Waals surface area (Å²) in [5.41, 5.74) is 1.34. The second-order valence-corrected chi connectivity index (χ2v) is 5.80. The fraction of sp³-hybridized carbons (Fsp3) is 0.211. The second kappa shape index (κ2) is 9.56. The molecule has 148 valence electrons.